The third-order valence-electron chi connectivity index (χ3n) is 5.53. The third kappa shape index (κ3) is 12.8. The van der Waals surface area contributed by atoms with E-state index < -0.39 is 36.5 Å². The van der Waals surface area contributed by atoms with Crippen LogP contribution in [0.1, 0.15) is 96.0 Å². The lowest BCUT2D eigenvalue weighted by Gasteiger charge is -2.14. The summed E-state index contributed by atoms with van der Waals surface area (Å²) in [7, 11) is -7.98. The van der Waals surface area contributed by atoms with Gasteiger partial charge in [-0.05, 0) is 51.2 Å². The van der Waals surface area contributed by atoms with E-state index >= 15 is 0 Å². The molecule has 1 aromatic carbocycles. The molecule has 0 N–H and O–H groups in total. The summed E-state index contributed by atoms with van der Waals surface area (Å²) in [5, 5.41) is 0. The number of benzene rings is 1. The van der Waals surface area contributed by atoms with Crippen molar-refractivity contribution in [1.29, 1.82) is 0 Å². The number of rotatable bonds is 18. The molecule has 0 bridgehead atoms. The Hall–Kier alpha value is -1.32. The van der Waals surface area contributed by atoms with Crippen molar-refractivity contribution in [2.45, 2.75) is 108 Å². The standard InChI is InChI=1S/C26H38ClF3O4S2/c1-3-4-5-6-7-8-9-10-11-12-13-14-15-16-17-24(34-36(32,33)26(28,29)30)25(27)35(31)23-20-18-22(2)19-21-23/h9-10,18-21H,3-8,11-17H2,1-2H3/b10-9-,25-24-. The molecule has 0 saturated carbocycles. The summed E-state index contributed by atoms with van der Waals surface area (Å²) >= 11 is 6.10. The highest BCUT2D eigenvalue weighted by atomic mass is 35.5. The largest absolute Gasteiger partial charge is 0.534 e. The van der Waals surface area contributed by atoms with Crippen LogP contribution >= 0.6 is 11.6 Å². The molecule has 1 atom stereocenters. The first-order valence-electron chi connectivity index (χ1n) is 12.5. The van der Waals surface area contributed by atoms with Crippen LogP contribution in [0.4, 0.5) is 13.2 Å². The minimum Gasteiger partial charge on any atom is -0.378 e. The van der Waals surface area contributed by atoms with Gasteiger partial charge in [-0.2, -0.15) is 21.6 Å². The summed E-state index contributed by atoms with van der Waals surface area (Å²) in [5.74, 6) is -0.630. The molecule has 4 nitrogen and oxygen atoms in total. The van der Waals surface area contributed by atoms with Crippen molar-refractivity contribution < 1.29 is 30.0 Å². The van der Waals surface area contributed by atoms with E-state index in [4.69, 9.17) is 11.6 Å². The first kappa shape index (κ1) is 32.7. The van der Waals surface area contributed by atoms with Crippen LogP contribution < -0.4 is 0 Å². The number of hydrogen-bond donors (Lipinski definition) is 0. The van der Waals surface area contributed by atoms with Crippen molar-refractivity contribution in [2.24, 2.45) is 0 Å². The van der Waals surface area contributed by atoms with E-state index in [0.717, 1.165) is 37.7 Å². The van der Waals surface area contributed by atoms with E-state index in [1.54, 1.807) is 12.1 Å². The van der Waals surface area contributed by atoms with Gasteiger partial charge in [-0.1, -0.05) is 93.3 Å². The maximum atomic E-state index is 12.9. The molecule has 1 rings (SSSR count). The molecule has 206 valence electrons. The maximum absolute atomic E-state index is 12.9. The quantitative estimate of drug-likeness (QED) is 0.0580. The Kier molecular flexibility index (Phi) is 15.7. The monoisotopic (exact) mass is 570 g/mol. The molecule has 0 radical (unpaired) electrons. The summed E-state index contributed by atoms with van der Waals surface area (Å²) in [4.78, 5) is 0.241. The summed E-state index contributed by atoms with van der Waals surface area (Å²) in [5.41, 5.74) is -4.71. The summed E-state index contributed by atoms with van der Waals surface area (Å²) in [6.07, 6.45) is 16.5. The first-order chi connectivity index (χ1) is 17.0. The van der Waals surface area contributed by atoms with E-state index in [1.807, 2.05) is 6.92 Å². The van der Waals surface area contributed by atoms with Gasteiger partial charge in [-0.15, -0.1) is 0 Å². The summed E-state index contributed by atoms with van der Waals surface area (Å²) in [6.45, 7) is 4.02. The zero-order chi connectivity index (χ0) is 27.0. The number of alkyl halides is 3. The fourth-order valence-electron chi connectivity index (χ4n) is 3.40. The van der Waals surface area contributed by atoms with E-state index in [-0.39, 0.29) is 11.3 Å². The van der Waals surface area contributed by atoms with Crippen molar-refractivity contribution in [3.8, 4) is 0 Å². The topological polar surface area (TPSA) is 60.4 Å². The number of allylic oxidation sites excluding steroid dienone is 3. The Balaban J connectivity index is 2.57. The highest BCUT2D eigenvalue weighted by molar-refractivity contribution is 7.91. The molecule has 36 heavy (non-hydrogen) atoms. The fraction of sp³-hybridized carbons (Fsp3) is 0.615. The van der Waals surface area contributed by atoms with Gasteiger partial charge in [-0.3, -0.25) is 0 Å². The number of halogens is 4. The molecule has 10 heteroatoms. The van der Waals surface area contributed by atoms with Gasteiger partial charge in [0.15, 0.2) is 0 Å². The van der Waals surface area contributed by atoms with E-state index in [1.165, 1.54) is 44.2 Å². The summed E-state index contributed by atoms with van der Waals surface area (Å²) in [6, 6.07) is 6.38. The number of unbranched alkanes of at least 4 members (excludes halogenated alkanes) is 10. The van der Waals surface area contributed by atoms with Crippen LogP contribution in [0.5, 0.6) is 0 Å². The van der Waals surface area contributed by atoms with Crippen LogP contribution in [0.2, 0.25) is 0 Å². The van der Waals surface area contributed by atoms with Crippen molar-refractivity contribution in [2.75, 3.05) is 0 Å². The predicted octanol–water partition coefficient (Wildman–Crippen LogP) is 9.02. The van der Waals surface area contributed by atoms with Crippen molar-refractivity contribution in [3.63, 3.8) is 0 Å². The van der Waals surface area contributed by atoms with Crippen molar-refractivity contribution in [1.82, 2.24) is 0 Å². The number of hydrogen-bond acceptors (Lipinski definition) is 4. The molecule has 0 aliphatic rings. The molecule has 0 aliphatic heterocycles. The maximum Gasteiger partial charge on any atom is 0.534 e. The molecule has 1 aromatic rings. The Morgan fingerprint density at radius 2 is 1.42 bits per heavy atom. The Morgan fingerprint density at radius 3 is 1.94 bits per heavy atom. The number of aryl methyl sites for hydroxylation is 1. The Bertz CT molecular complexity index is 956. The molecule has 0 spiro atoms. The van der Waals surface area contributed by atoms with E-state index in [0.29, 0.717) is 12.8 Å². The lowest BCUT2D eigenvalue weighted by molar-refractivity contribution is -0.0523. The van der Waals surface area contributed by atoms with Gasteiger partial charge in [0, 0.05) is 11.3 Å². The van der Waals surface area contributed by atoms with Crippen LogP contribution in [0.25, 0.3) is 0 Å². The first-order valence-corrected chi connectivity index (χ1v) is 15.5. The smallest absolute Gasteiger partial charge is 0.378 e. The SMILES string of the molecule is CCCCCCC/C=C\CCCCCCC/C(OS(=O)(=O)C(F)(F)F)=C(\Cl)S(=O)c1ccc(C)cc1. The Morgan fingerprint density at radius 1 is 0.917 bits per heavy atom. The molecular weight excluding hydrogens is 533 g/mol. The van der Waals surface area contributed by atoms with Crippen LogP contribution in [0, 0.1) is 6.92 Å². The average Bonchev–Trinajstić information content (AvgIpc) is 2.82. The molecule has 1 unspecified atom stereocenters. The lowest BCUT2D eigenvalue weighted by atomic mass is 10.1. The van der Waals surface area contributed by atoms with Gasteiger partial charge in [0.2, 0.25) is 0 Å². The average molecular weight is 571 g/mol. The molecule has 0 aromatic heterocycles. The van der Waals surface area contributed by atoms with Gasteiger partial charge in [0.1, 0.15) is 20.9 Å². The predicted molar refractivity (Wildman–Crippen MR) is 141 cm³/mol. The lowest BCUT2D eigenvalue weighted by Crippen LogP contribution is -2.25. The van der Waals surface area contributed by atoms with Gasteiger partial charge in [-0.25, -0.2) is 4.21 Å². The van der Waals surface area contributed by atoms with Crippen LogP contribution in [0.15, 0.2) is 51.4 Å². The molecule has 0 saturated heterocycles. The second-order valence-electron chi connectivity index (χ2n) is 8.74. The Labute approximate surface area is 221 Å². The highest BCUT2D eigenvalue weighted by Gasteiger charge is 2.49. The van der Waals surface area contributed by atoms with Crippen LogP contribution in [-0.2, 0) is 25.1 Å². The van der Waals surface area contributed by atoms with E-state index in [2.05, 4.69) is 23.3 Å². The van der Waals surface area contributed by atoms with E-state index in [9.17, 15) is 25.8 Å². The molecular formula is C26H38ClF3O4S2. The van der Waals surface area contributed by atoms with Gasteiger partial charge >= 0.3 is 15.6 Å². The third-order valence-corrected chi connectivity index (χ3v) is 8.40. The van der Waals surface area contributed by atoms with Crippen LogP contribution in [-0.4, -0.2) is 18.1 Å². The zero-order valence-corrected chi connectivity index (χ0v) is 23.5. The minimum atomic E-state index is -5.92. The van der Waals surface area contributed by atoms with Crippen LogP contribution in [0.3, 0.4) is 0 Å². The minimum absolute atomic E-state index is 0.163. The van der Waals surface area contributed by atoms with Crippen molar-refractivity contribution in [3.05, 3.63) is 52.1 Å². The van der Waals surface area contributed by atoms with Crippen molar-refractivity contribution >= 4 is 32.5 Å². The summed E-state index contributed by atoms with van der Waals surface area (Å²) < 4.78 is 78.3. The molecule has 0 amide bonds. The second-order valence-corrected chi connectivity index (χ2v) is 12.3. The normalized spacial score (nSPS) is 14.2. The highest BCUT2D eigenvalue weighted by Crippen LogP contribution is 2.32. The molecule has 0 heterocycles. The fourth-order valence-corrected chi connectivity index (χ4v) is 5.37. The van der Waals surface area contributed by atoms with Gasteiger partial charge < -0.3 is 4.18 Å². The molecule has 0 aliphatic carbocycles. The van der Waals surface area contributed by atoms with Gasteiger partial charge in [0.25, 0.3) is 0 Å². The zero-order valence-electron chi connectivity index (χ0n) is 21.1. The molecule has 0 fully saturated rings. The van der Waals surface area contributed by atoms with Gasteiger partial charge in [0.05, 0.1) is 0 Å². The second kappa shape index (κ2) is 17.2.